The third-order valence-electron chi connectivity index (χ3n) is 3.56. The van der Waals surface area contributed by atoms with Gasteiger partial charge in [0.25, 0.3) is 0 Å². The van der Waals surface area contributed by atoms with Gasteiger partial charge in [0.05, 0.1) is 32.5 Å². The van der Waals surface area contributed by atoms with Crippen molar-refractivity contribution in [2.75, 3.05) is 47.0 Å². The molecule has 1 atom stereocenters. The van der Waals surface area contributed by atoms with E-state index in [9.17, 15) is 9.18 Å². The van der Waals surface area contributed by atoms with Crippen molar-refractivity contribution < 1.29 is 18.7 Å². The summed E-state index contributed by atoms with van der Waals surface area (Å²) in [6.45, 7) is 3.17. The molecule has 2 rings (SSSR count). The fraction of sp³-hybridized carbons (Fsp3) is 0.562. The van der Waals surface area contributed by atoms with E-state index in [0.29, 0.717) is 39.5 Å². The number of amides is 1. The van der Waals surface area contributed by atoms with Gasteiger partial charge in [-0.25, -0.2) is 4.39 Å². The summed E-state index contributed by atoms with van der Waals surface area (Å²) in [7, 11) is 3.64. The van der Waals surface area contributed by atoms with Gasteiger partial charge in [0, 0.05) is 20.1 Å². The number of carbonyl (C=O) groups excluding carboxylic acids is 1. The first-order valence-corrected chi connectivity index (χ1v) is 7.41. The number of benzene rings is 1. The molecular weight excluding hydrogens is 287 g/mol. The maximum absolute atomic E-state index is 12.9. The Bertz CT molecular complexity index is 475. The highest BCUT2D eigenvalue weighted by Crippen LogP contribution is 2.07. The largest absolute Gasteiger partial charge is 0.376 e. The molecule has 22 heavy (non-hydrogen) atoms. The van der Waals surface area contributed by atoms with Gasteiger partial charge < -0.3 is 14.4 Å². The van der Waals surface area contributed by atoms with Crippen LogP contribution >= 0.6 is 0 Å². The number of carbonyl (C=O) groups is 1. The maximum Gasteiger partial charge on any atom is 0.236 e. The lowest BCUT2D eigenvalue weighted by molar-refractivity contribution is -0.137. The molecular formula is C16H23FN2O3. The lowest BCUT2D eigenvalue weighted by atomic mass is 10.2. The first-order chi connectivity index (χ1) is 10.5. The third-order valence-corrected chi connectivity index (χ3v) is 3.56. The summed E-state index contributed by atoms with van der Waals surface area (Å²) >= 11 is 0. The molecule has 122 valence electrons. The quantitative estimate of drug-likeness (QED) is 0.790. The Morgan fingerprint density at radius 3 is 2.64 bits per heavy atom. The van der Waals surface area contributed by atoms with Crippen LogP contribution in [0.4, 0.5) is 4.39 Å². The first-order valence-electron chi connectivity index (χ1n) is 7.41. The zero-order chi connectivity index (χ0) is 15.9. The number of likely N-dealkylation sites (N-methyl/N-ethyl adjacent to an activating group) is 2. The van der Waals surface area contributed by atoms with Gasteiger partial charge in [-0.05, 0) is 24.7 Å². The van der Waals surface area contributed by atoms with Gasteiger partial charge in [0.15, 0.2) is 0 Å². The Hall–Kier alpha value is -1.50. The highest BCUT2D eigenvalue weighted by atomic mass is 19.1. The van der Waals surface area contributed by atoms with Crippen LogP contribution in [0.5, 0.6) is 0 Å². The number of hydrogen-bond donors (Lipinski definition) is 0. The molecule has 1 aromatic carbocycles. The summed E-state index contributed by atoms with van der Waals surface area (Å²) in [5.41, 5.74) is 0.975. The van der Waals surface area contributed by atoms with E-state index in [4.69, 9.17) is 9.47 Å². The molecule has 0 saturated carbocycles. The average molecular weight is 310 g/mol. The molecule has 0 spiro atoms. The fourth-order valence-electron chi connectivity index (χ4n) is 2.36. The first kappa shape index (κ1) is 16.9. The summed E-state index contributed by atoms with van der Waals surface area (Å²) in [4.78, 5) is 15.8. The molecule has 1 heterocycles. The molecule has 1 amide bonds. The predicted molar refractivity (Wildman–Crippen MR) is 80.9 cm³/mol. The molecule has 0 unspecified atom stereocenters. The molecule has 1 aliphatic rings. The Kier molecular flexibility index (Phi) is 6.30. The second kappa shape index (κ2) is 8.22. The average Bonchev–Trinajstić information content (AvgIpc) is 2.50. The Morgan fingerprint density at radius 2 is 2.00 bits per heavy atom. The minimum Gasteiger partial charge on any atom is -0.376 e. The van der Waals surface area contributed by atoms with Gasteiger partial charge in [-0.3, -0.25) is 9.69 Å². The van der Waals surface area contributed by atoms with Crippen molar-refractivity contribution in [2.24, 2.45) is 0 Å². The van der Waals surface area contributed by atoms with Crippen molar-refractivity contribution in [3.8, 4) is 0 Å². The second-order valence-electron chi connectivity index (χ2n) is 5.64. The molecule has 0 bridgehead atoms. The van der Waals surface area contributed by atoms with Crippen LogP contribution in [-0.4, -0.2) is 68.8 Å². The third kappa shape index (κ3) is 5.36. The summed E-state index contributed by atoms with van der Waals surface area (Å²) in [6, 6.07) is 6.32. The minimum absolute atomic E-state index is 0.0267. The number of hydrogen-bond acceptors (Lipinski definition) is 4. The number of halogens is 1. The Balaban J connectivity index is 1.75. The molecule has 1 fully saturated rings. The van der Waals surface area contributed by atoms with E-state index >= 15 is 0 Å². The number of nitrogens with zero attached hydrogens (tertiary/aromatic N) is 2. The molecule has 5 nitrogen and oxygen atoms in total. The lowest BCUT2D eigenvalue weighted by Crippen LogP contribution is -2.43. The summed E-state index contributed by atoms with van der Waals surface area (Å²) in [5, 5.41) is 0. The topological polar surface area (TPSA) is 42.0 Å². The van der Waals surface area contributed by atoms with E-state index in [0.717, 1.165) is 5.56 Å². The molecule has 0 aliphatic carbocycles. The number of ether oxygens (including phenoxy) is 2. The zero-order valence-corrected chi connectivity index (χ0v) is 13.1. The smallest absolute Gasteiger partial charge is 0.236 e. The van der Waals surface area contributed by atoms with Crippen LogP contribution in [0.2, 0.25) is 0 Å². The Labute approximate surface area is 130 Å². The van der Waals surface area contributed by atoms with Crippen molar-refractivity contribution in [1.29, 1.82) is 0 Å². The zero-order valence-electron chi connectivity index (χ0n) is 13.1. The van der Waals surface area contributed by atoms with Crippen LogP contribution in [0.25, 0.3) is 0 Å². The second-order valence-corrected chi connectivity index (χ2v) is 5.64. The van der Waals surface area contributed by atoms with Crippen LogP contribution in [0.15, 0.2) is 24.3 Å². The van der Waals surface area contributed by atoms with Crippen LogP contribution in [0, 0.1) is 5.82 Å². The molecule has 1 saturated heterocycles. The fourth-order valence-corrected chi connectivity index (χ4v) is 2.36. The minimum atomic E-state index is -0.253. The molecule has 0 aromatic heterocycles. The molecule has 0 N–H and O–H groups in total. The summed E-state index contributed by atoms with van der Waals surface area (Å²) in [5.74, 6) is -0.226. The molecule has 1 aliphatic heterocycles. The molecule has 1 aromatic rings. The lowest BCUT2D eigenvalue weighted by Gasteiger charge is -2.28. The van der Waals surface area contributed by atoms with E-state index in [2.05, 4.69) is 0 Å². The van der Waals surface area contributed by atoms with Crippen molar-refractivity contribution in [3.05, 3.63) is 35.6 Å². The van der Waals surface area contributed by atoms with Crippen molar-refractivity contribution >= 4 is 5.91 Å². The standard InChI is InChI=1S/C16H23FN2O3/c1-18(9-13-3-5-14(17)6-4-13)11-16(20)19(2)10-15-12-21-7-8-22-15/h3-6,15H,7-12H2,1-2H3/t15-/m0/s1. The highest BCUT2D eigenvalue weighted by molar-refractivity contribution is 5.78. The molecule has 6 heteroatoms. The van der Waals surface area contributed by atoms with Gasteiger partial charge in [0.1, 0.15) is 5.82 Å². The van der Waals surface area contributed by atoms with Crippen LogP contribution in [-0.2, 0) is 20.8 Å². The van der Waals surface area contributed by atoms with Crippen LogP contribution < -0.4 is 0 Å². The maximum atomic E-state index is 12.9. The van der Waals surface area contributed by atoms with E-state index in [1.54, 1.807) is 24.1 Å². The van der Waals surface area contributed by atoms with E-state index < -0.39 is 0 Å². The van der Waals surface area contributed by atoms with Gasteiger partial charge in [0.2, 0.25) is 5.91 Å². The van der Waals surface area contributed by atoms with Gasteiger partial charge in [-0.15, -0.1) is 0 Å². The summed E-state index contributed by atoms with van der Waals surface area (Å²) < 4.78 is 23.7. The highest BCUT2D eigenvalue weighted by Gasteiger charge is 2.20. The Morgan fingerprint density at radius 1 is 1.27 bits per heavy atom. The monoisotopic (exact) mass is 310 g/mol. The van der Waals surface area contributed by atoms with Gasteiger partial charge >= 0.3 is 0 Å². The predicted octanol–water partition coefficient (Wildman–Crippen LogP) is 1.13. The van der Waals surface area contributed by atoms with E-state index in [-0.39, 0.29) is 17.8 Å². The normalized spacial score (nSPS) is 18.5. The van der Waals surface area contributed by atoms with Gasteiger partial charge in [-0.1, -0.05) is 12.1 Å². The van der Waals surface area contributed by atoms with E-state index in [1.807, 2.05) is 11.9 Å². The van der Waals surface area contributed by atoms with Crippen molar-refractivity contribution in [1.82, 2.24) is 9.80 Å². The number of rotatable bonds is 6. The van der Waals surface area contributed by atoms with Crippen molar-refractivity contribution in [2.45, 2.75) is 12.6 Å². The van der Waals surface area contributed by atoms with Gasteiger partial charge in [-0.2, -0.15) is 0 Å². The summed E-state index contributed by atoms with van der Waals surface area (Å²) in [6.07, 6.45) is -0.0508. The molecule has 0 radical (unpaired) electrons. The van der Waals surface area contributed by atoms with Crippen LogP contribution in [0.3, 0.4) is 0 Å². The SMILES string of the molecule is CN(CC(=O)N(C)C[C@H]1COCCO1)Cc1ccc(F)cc1. The van der Waals surface area contributed by atoms with Crippen molar-refractivity contribution in [3.63, 3.8) is 0 Å². The van der Waals surface area contributed by atoms with Crippen LogP contribution in [0.1, 0.15) is 5.56 Å². The van der Waals surface area contributed by atoms with E-state index in [1.165, 1.54) is 12.1 Å².